The van der Waals surface area contributed by atoms with Crippen LogP contribution in [0.15, 0.2) is 33.6 Å². The maximum absolute atomic E-state index is 13.1. The highest BCUT2D eigenvalue weighted by Gasteiger charge is 2.22. The number of hydrogen-bond acceptors (Lipinski definition) is 3. The van der Waals surface area contributed by atoms with Gasteiger partial charge in [0.15, 0.2) is 0 Å². The Kier molecular flexibility index (Phi) is 4.42. The van der Waals surface area contributed by atoms with Crippen LogP contribution in [-0.2, 0) is 10.0 Å². The third-order valence-corrected chi connectivity index (χ3v) is 5.90. The fourth-order valence-corrected chi connectivity index (χ4v) is 4.98. The van der Waals surface area contributed by atoms with Crippen molar-refractivity contribution in [1.29, 1.82) is 0 Å². The lowest BCUT2D eigenvalue weighted by Crippen LogP contribution is -2.13. The van der Waals surface area contributed by atoms with Crippen molar-refractivity contribution in [2.45, 2.75) is 4.90 Å². The molecule has 0 aliphatic heterocycles. The average molecular weight is 405 g/mol. The molecule has 0 radical (unpaired) electrons. The van der Waals surface area contributed by atoms with Crippen molar-refractivity contribution < 1.29 is 12.8 Å². The Morgan fingerprint density at radius 3 is 2.53 bits per heavy atom. The topological polar surface area (TPSA) is 46.2 Å². The molecule has 1 N–H and O–H groups in total. The quantitative estimate of drug-likeness (QED) is 0.801. The fraction of sp³-hybridized carbons (Fsp3) is 0. The second-order valence-electron chi connectivity index (χ2n) is 3.42. The van der Waals surface area contributed by atoms with Gasteiger partial charge < -0.3 is 0 Å². The summed E-state index contributed by atoms with van der Waals surface area (Å²) in [4.78, 5) is -0.139. The lowest BCUT2D eigenvalue weighted by molar-refractivity contribution is 0.601. The lowest BCUT2D eigenvalue weighted by atomic mass is 10.3. The fourth-order valence-electron chi connectivity index (χ4n) is 1.28. The van der Waals surface area contributed by atoms with Crippen LogP contribution >= 0.6 is 50.5 Å². The van der Waals surface area contributed by atoms with Crippen LogP contribution in [0.1, 0.15) is 0 Å². The Balaban J connectivity index is 2.42. The molecule has 0 aliphatic rings. The van der Waals surface area contributed by atoms with E-state index in [0.29, 0.717) is 4.47 Å². The van der Waals surface area contributed by atoms with E-state index in [9.17, 15) is 12.8 Å². The van der Waals surface area contributed by atoms with Gasteiger partial charge in [-0.3, -0.25) is 4.72 Å². The van der Waals surface area contributed by atoms with Crippen molar-refractivity contribution in [1.82, 2.24) is 0 Å². The van der Waals surface area contributed by atoms with Crippen molar-refractivity contribution in [2.24, 2.45) is 0 Å². The third-order valence-electron chi connectivity index (χ3n) is 2.09. The minimum Gasteiger partial charge on any atom is -0.278 e. The van der Waals surface area contributed by atoms with Crippen LogP contribution in [0.2, 0.25) is 8.67 Å². The van der Waals surface area contributed by atoms with Gasteiger partial charge in [-0.1, -0.05) is 23.2 Å². The predicted octanol–water partition coefficient (Wildman–Crippen LogP) is 4.76. The molecule has 1 aromatic carbocycles. The van der Waals surface area contributed by atoms with E-state index in [-0.39, 0.29) is 19.3 Å². The SMILES string of the molecule is O=S(=O)(Nc1cc(F)ccc1Br)c1cc(Cl)sc1Cl. The van der Waals surface area contributed by atoms with Crippen molar-refractivity contribution in [3.63, 3.8) is 0 Å². The molecule has 0 bridgehead atoms. The molecule has 0 atom stereocenters. The van der Waals surface area contributed by atoms with Gasteiger partial charge in [-0.05, 0) is 40.2 Å². The Morgan fingerprint density at radius 1 is 1.26 bits per heavy atom. The van der Waals surface area contributed by atoms with E-state index in [2.05, 4.69) is 20.7 Å². The Bertz CT molecular complexity index is 733. The van der Waals surface area contributed by atoms with Gasteiger partial charge in [0, 0.05) is 4.47 Å². The van der Waals surface area contributed by atoms with Crippen molar-refractivity contribution in [2.75, 3.05) is 4.72 Å². The molecule has 102 valence electrons. The lowest BCUT2D eigenvalue weighted by Gasteiger charge is -2.09. The summed E-state index contributed by atoms with van der Waals surface area (Å²) in [5, 5.41) is 0. The molecule has 1 heterocycles. The van der Waals surface area contributed by atoms with E-state index in [1.165, 1.54) is 18.2 Å². The Hall–Kier alpha value is -0.340. The van der Waals surface area contributed by atoms with Gasteiger partial charge in [-0.25, -0.2) is 12.8 Å². The smallest absolute Gasteiger partial charge is 0.264 e. The first-order valence-electron chi connectivity index (χ1n) is 4.72. The van der Waals surface area contributed by atoms with Gasteiger partial charge >= 0.3 is 0 Å². The summed E-state index contributed by atoms with van der Waals surface area (Å²) in [5.41, 5.74) is 0.0818. The maximum Gasteiger partial charge on any atom is 0.264 e. The van der Waals surface area contributed by atoms with Crippen LogP contribution in [0.3, 0.4) is 0 Å². The number of hydrogen-bond donors (Lipinski definition) is 1. The molecular formula is C10H5BrCl2FNO2S2. The van der Waals surface area contributed by atoms with E-state index >= 15 is 0 Å². The van der Waals surface area contributed by atoms with Crippen molar-refractivity contribution in [3.05, 3.63) is 43.2 Å². The monoisotopic (exact) mass is 403 g/mol. The number of halogens is 4. The van der Waals surface area contributed by atoms with Crippen molar-refractivity contribution >= 4 is 66.2 Å². The number of sulfonamides is 1. The van der Waals surface area contributed by atoms with Gasteiger partial charge in [0.25, 0.3) is 10.0 Å². The van der Waals surface area contributed by atoms with E-state index < -0.39 is 15.8 Å². The highest BCUT2D eigenvalue weighted by molar-refractivity contribution is 9.10. The molecule has 0 unspecified atom stereocenters. The molecule has 0 saturated carbocycles. The summed E-state index contributed by atoms with van der Waals surface area (Å²) in [5.74, 6) is -0.560. The van der Waals surface area contributed by atoms with Crippen LogP contribution in [0, 0.1) is 5.82 Å². The molecule has 1 aromatic heterocycles. The molecule has 2 rings (SSSR count). The Morgan fingerprint density at radius 2 is 1.95 bits per heavy atom. The minimum absolute atomic E-state index is 0.0463. The molecule has 0 amide bonds. The normalized spacial score (nSPS) is 11.6. The first-order chi connectivity index (χ1) is 8.79. The third kappa shape index (κ3) is 3.41. The van der Waals surface area contributed by atoms with Crippen LogP contribution in [0.4, 0.5) is 10.1 Å². The van der Waals surface area contributed by atoms with Crippen LogP contribution in [0.5, 0.6) is 0 Å². The summed E-state index contributed by atoms with van der Waals surface area (Å²) < 4.78 is 40.3. The number of thiophene rings is 1. The number of benzene rings is 1. The Labute approximate surface area is 131 Å². The van der Waals surface area contributed by atoms with Crippen LogP contribution in [0.25, 0.3) is 0 Å². The molecule has 0 aliphatic carbocycles. The summed E-state index contributed by atoms with van der Waals surface area (Å²) in [6.45, 7) is 0. The highest BCUT2D eigenvalue weighted by atomic mass is 79.9. The first kappa shape index (κ1) is 15.1. The standard InChI is InChI=1S/C10H5BrCl2FNO2S2/c11-6-2-1-5(14)3-7(6)15-19(16,17)8-4-9(12)18-10(8)13/h1-4,15H. The zero-order valence-electron chi connectivity index (χ0n) is 8.95. The second-order valence-corrected chi connectivity index (χ2v) is 8.21. The maximum atomic E-state index is 13.1. The summed E-state index contributed by atoms with van der Waals surface area (Å²) in [6.07, 6.45) is 0. The number of anilines is 1. The van der Waals surface area contributed by atoms with Crippen molar-refractivity contribution in [3.8, 4) is 0 Å². The van der Waals surface area contributed by atoms with Crippen LogP contribution < -0.4 is 4.72 Å². The summed E-state index contributed by atoms with van der Waals surface area (Å²) >= 11 is 15.6. The zero-order chi connectivity index (χ0) is 14.2. The molecule has 19 heavy (non-hydrogen) atoms. The summed E-state index contributed by atoms with van der Waals surface area (Å²) in [7, 11) is -3.92. The largest absolute Gasteiger partial charge is 0.278 e. The first-order valence-corrected chi connectivity index (χ1v) is 8.57. The molecule has 0 spiro atoms. The summed E-state index contributed by atoms with van der Waals surface area (Å²) in [6, 6.07) is 4.90. The molecule has 0 saturated heterocycles. The van der Waals surface area contributed by atoms with Gasteiger partial charge in [0.2, 0.25) is 0 Å². The number of rotatable bonds is 3. The van der Waals surface area contributed by atoms with Gasteiger partial charge in [0.1, 0.15) is 15.0 Å². The second kappa shape index (κ2) is 5.57. The predicted molar refractivity (Wildman–Crippen MR) is 79.2 cm³/mol. The molecule has 9 heteroatoms. The molecule has 2 aromatic rings. The zero-order valence-corrected chi connectivity index (χ0v) is 13.7. The van der Waals surface area contributed by atoms with E-state index in [1.807, 2.05) is 0 Å². The van der Waals surface area contributed by atoms with Gasteiger partial charge in [-0.15, -0.1) is 11.3 Å². The molecular weight excluding hydrogens is 400 g/mol. The minimum atomic E-state index is -3.92. The number of nitrogens with one attached hydrogen (secondary N) is 1. The van der Waals surface area contributed by atoms with E-state index in [4.69, 9.17) is 23.2 Å². The van der Waals surface area contributed by atoms with E-state index in [1.54, 1.807) is 0 Å². The average Bonchev–Trinajstić information content (AvgIpc) is 2.63. The van der Waals surface area contributed by atoms with Crippen LogP contribution in [-0.4, -0.2) is 8.42 Å². The van der Waals surface area contributed by atoms with Gasteiger partial charge in [-0.2, -0.15) is 0 Å². The molecule has 3 nitrogen and oxygen atoms in total. The molecule has 0 fully saturated rings. The van der Waals surface area contributed by atoms with E-state index in [0.717, 1.165) is 17.4 Å². The van der Waals surface area contributed by atoms with Gasteiger partial charge in [0.05, 0.1) is 10.0 Å². The highest BCUT2D eigenvalue weighted by Crippen LogP contribution is 2.35.